The molecular formula is C34H61NO7. The Kier molecular flexibility index (Phi) is 35.6. The van der Waals surface area contributed by atoms with Crippen LogP contribution in [0.1, 0.15) is 149 Å². The van der Waals surface area contributed by atoms with E-state index >= 15 is 0 Å². The Hall–Kier alpha value is -2.90. The van der Waals surface area contributed by atoms with Gasteiger partial charge in [0.05, 0.1) is 0 Å². The van der Waals surface area contributed by atoms with E-state index in [-0.39, 0.29) is 25.3 Å². The number of ether oxygens (including phenoxy) is 1. The fraction of sp³-hybridized carbons (Fsp3) is 0.706. The van der Waals surface area contributed by atoms with E-state index in [0.29, 0.717) is 18.4 Å². The van der Waals surface area contributed by atoms with Crippen LogP contribution in [0, 0.1) is 5.41 Å². The number of esters is 1. The summed E-state index contributed by atoms with van der Waals surface area (Å²) in [6.07, 6.45) is 22.6. The predicted molar refractivity (Wildman–Crippen MR) is 171 cm³/mol. The molecule has 1 amide bonds. The molecule has 0 unspecified atom stereocenters. The molecule has 0 aliphatic rings. The van der Waals surface area contributed by atoms with E-state index in [4.69, 9.17) is 24.5 Å². The largest absolute Gasteiger partial charge is 0.483 e. The number of amides is 1. The highest BCUT2D eigenvalue weighted by Crippen LogP contribution is 2.22. The lowest BCUT2D eigenvalue weighted by Gasteiger charge is -2.17. The van der Waals surface area contributed by atoms with E-state index in [1.54, 1.807) is 6.92 Å². The lowest BCUT2D eigenvalue weighted by molar-refractivity contribution is -0.145. The van der Waals surface area contributed by atoms with E-state index in [9.17, 15) is 9.59 Å². The molecule has 0 aliphatic heterocycles. The van der Waals surface area contributed by atoms with Crippen LogP contribution in [0.4, 0.5) is 0 Å². The molecule has 0 fully saturated rings. The highest BCUT2D eigenvalue weighted by Gasteiger charge is 2.08. The molecule has 1 aromatic rings. The molecule has 0 radical (unpaired) electrons. The first-order valence-electron chi connectivity index (χ1n) is 15.7. The minimum absolute atomic E-state index is 0.0613. The number of aliphatic carboxylic acids is 1. The van der Waals surface area contributed by atoms with Crippen molar-refractivity contribution in [3.05, 3.63) is 35.9 Å². The van der Waals surface area contributed by atoms with E-state index in [1.165, 1.54) is 89.9 Å². The quantitative estimate of drug-likeness (QED) is 0.0776. The normalized spacial score (nSPS) is 10.0. The average Bonchev–Trinajstić information content (AvgIpc) is 2.94. The van der Waals surface area contributed by atoms with Gasteiger partial charge in [-0.25, -0.2) is 0 Å². The van der Waals surface area contributed by atoms with Gasteiger partial charge < -0.3 is 20.7 Å². The molecule has 4 N–H and O–H groups in total. The van der Waals surface area contributed by atoms with Crippen molar-refractivity contribution in [3.63, 3.8) is 0 Å². The highest BCUT2D eigenvalue weighted by atomic mass is 16.5. The molecule has 0 bridgehead atoms. The van der Waals surface area contributed by atoms with E-state index in [0.717, 1.165) is 18.4 Å². The van der Waals surface area contributed by atoms with Crippen molar-refractivity contribution < 1.29 is 34.1 Å². The molecule has 0 saturated carbocycles. The molecule has 0 aliphatic carbocycles. The van der Waals surface area contributed by atoms with E-state index in [2.05, 4.69) is 26.5 Å². The van der Waals surface area contributed by atoms with Gasteiger partial charge >= 0.3 is 11.9 Å². The summed E-state index contributed by atoms with van der Waals surface area (Å²) < 4.78 is 5.33. The number of hydrogen-bond acceptors (Lipinski definition) is 5. The van der Waals surface area contributed by atoms with Gasteiger partial charge in [0.2, 0.25) is 6.41 Å². The summed E-state index contributed by atoms with van der Waals surface area (Å²) in [7, 11) is 0. The summed E-state index contributed by atoms with van der Waals surface area (Å²) >= 11 is 0. The summed E-state index contributed by atoms with van der Waals surface area (Å²) in [5, 5.41) is 14.6. The summed E-state index contributed by atoms with van der Waals surface area (Å²) in [4.78, 5) is 38.1. The van der Waals surface area contributed by atoms with Gasteiger partial charge in [-0.15, -0.1) is 0 Å². The van der Waals surface area contributed by atoms with Gasteiger partial charge in [-0.3, -0.25) is 19.2 Å². The topological polar surface area (TPSA) is 144 Å². The van der Waals surface area contributed by atoms with Gasteiger partial charge in [0.25, 0.3) is 6.47 Å². The fourth-order valence-corrected chi connectivity index (χ4v) is 4.03. The maximum atomic E-state index is 11.8. The monoisotopic (exact) mass is 595 g/mol. The Morgan fingerprint density at radius 3 is 1.43 bits per heavy atom. The number of nitrogens with two attached hydrogens (primary N) is 1. The van der Waals surface area contributed by atoms with Crippen molar-refractivity contribution in [1.29, 1.82) is 0 Å². The summed E-state index contributed by atoms with van der Waals surface area (Å²) in [5.74, 6) is -0.807. The number of benzene rings is 1. The van der Waals surface area contributed by atoms with Gasteiger partial charge in [0, 0.05) is 12.8 Å². The van der Waals surface area contributed by atoms with Crippen LogP contribution in [0.15, 0.2) is 30.3 Å². The summed E-state index contributed by atoms with van der Waals surface area (Å²) in [6, 6.07) is 9.90. The second-order valence-electron chi connectivity index (χ2n) is 11.5. The van der Waals surface area contributed by atoms with E-state index < -0.39 is 5.97 Å². The first-order valence-corrected chi connectivity index (χ1v) is 15.7. The van der Waals surface area contributed by atoms with Crippen molar-refractivity contribution >= 4 is 24.8 Å². The Labute approximate surface area is 255 Å². The van der Waals surface area contributed by atoms with Gasteiger partial charge in [0.15, 0.2) is 0 Å². The third-order valence-corrected chi connectivity index (χ3v) is 6.35. The number of rotatable bonds is 20. The lowest BCUT2D eigenvalue weighted by atomic mass is 9.89. The van der Waals surface area contributed by atoms with Crippen molar-refractivity contribution in [2.45, 2.75) is 150 Å². The SMILES string of the molecule is CC(C)(C)CCCCCCCCCCCCCCCCCC(=O)OCc1ccccc1.CCC(=O)O.NC=O.O=CO. The van der Waals surface area contributed by atoms with Crippen LogP contribution in [0.3, 0.4) is 0 Å². The first kappa shape index (κ1) is 43.6. The summed E-state index contributed by atoms with van der Waals surface area (Å²) in [6.45, 7) is 8.79. The van der Waals surface area contributed by atoms with Gasteiger partial charge in [-0.05, 0) is 23.8 Å². The maximum absolute atomic E-state index is 11.8. The number of hydrogen-bond donors (Lipinski definition) is 3. The third kappa shape index (κ3) is 44.1. The highest BCUT2D eigenvalue weighted by molar-refractivity contribution is 5.69. The van der Waals surface area contributed by atoms with Crippen LogP contribution in [-0.2, 0) is 30.5 Å². The second-order valence-corrected chi connectivity index (χ2v) is 11.5. The van der Waals surface area contributed by atoms with E-state index in [1.807, 2.05) is 30.3 Å². The van der Waals surface area contributed by atoms with Crippen molar-refractivity contribution in [3.8, 4) is 0 Å². The fourth-order valence-electron chi connectivity index (χ4n) is 4.03. The zero-order valence-corrected chi connectivity index (χ0v) is 27.0. The van der Waals surface area contributed by atoms with Crippen molar-refractivity contribution in [2.75, 3.05) is 0 Å². The van der Waals surface area contributed by atoms with Crippen molar-refractivity contribution in [2.24, 2.45) is 11.1 Å². The average molecular weight is 596 g/mol. The first-order chi connectivity index (χ1) is 20.1. The lowest BCUT2D eigenvalue weighted by Crippen LogP contribution is -2.04. The number of unbranched alkanes of at least 4 members (excludes halogenated alkanes) is 14. The van der Waals surface area contributed by atoms with Crippen LogP contribution < -0.4 is 5.73 Å². The number of carbonyl (C=O) groups excluding carboxylic acids is 2. The van der Waals surface area contributed by atoms with Crippen LogP contribution in [-0.4, -0.2) is 35.0 Å². The maximum Gasteiger partial charge on any atom is 0.306 e. The van der Waals surface area contributed by atoms with Crippen molar-refractivity contribution in [1.82, 2.24) is 0 Å². The molecule has 42 heavy (non-hydrogen) atoms. The third-order valence-electron chi connectivity index (χ3n) is 6.35. The molecule has 0 heterocycles. The molecule has 0 spiro atoms. The molecule has 0 aromatic heterocycles. The molecule has 8 nitrogen and oxygen atoms in total. The van der Waals surface area contributed by atoms with Crippen LogP contribution >= 0.6 is 0 Å². The number of carboxylic acids is 1. The smallest absolute Gasteiger partial charge is 0.306 e. The number of primary amides is 1. The van der Waals surface area contributed by atoms with Gasteiger partial charge in [-0.1, -0.05) is 148 Å². The Bertz CT molecular complexity index is 727. The predicted octanol–water partition coefficient (Wildman–Crippen LogP) is 8.69. The standard InChI is InChI=1S/C29H50O2.C3H6O2.CH3NO.CH2O2/c1-29(2,3)25-21-16-14-12-10-8-6-4-5-7-9-11-13-15-20-24-28(30)31-26-27-22-18-17-19-23-27;1-2-3(4)5;2*2-1-3/h17-19,22-23H,4-16,20-21,24-26H2,1-3H3;2H2,1H3,(H,4,5);1H,(H2,2,3);1H,(H,2,3). The van der Waals surface area contributed by atoms with Gasteiger partial charge in [0.1, 0.15) is 6.61 Å². The Morgan fingerprint density at radius 2 is 1.10 bits per heavy atom. The molecule has 244 valence electrons. The molecule has 1 aromatic carbocycles. The van der Waals surface area contributed by atoms with Crippen LogP contribution in [0.5, 0.6) is 0 Å². The second kappa shape index (κ2) is 34.3. The minimum Gasteiger partial charge on any atom is -0.483 e. The molecule has 8 heteroatoms. The molecule has 0 atom stereocenters. The summed E-state index contributed by atoms with van der Waals surface area (Å²) in [5.41, 5.74) is 5.74. The number of carboxylic acid groups (broad SMARTS) is 2. The number of carbonyl (C=O) groups is 4. The Balaban J connectivity index is -0.00000118. The van der Waals surface area contributed by atoms with Crippen LogP contribution in [0.25, 0.3) is 0 Å². The van der Waals surface area contributed by atoms with Gasteiger partial charge in [-0.2, -0.15) is 0 Å². The van der Waals surface area contributed by atoms with Crippen LogP contribution in [0.2, 0.25) is 0 Å². The Morgan fingerprint density at radius 1 is 0.762 bits per heavy atom. The zero-order chi connectivity index (χ0) is 32.3. The molecule has 1 rings (SSSR count). The minimum atomic E-state index is -0.745. The molecular weight excluding hydrogens is 534 g/mol. The molecule has 0 saturated heterocycles. The zero-order valence-electron chi connectivity index (χ0n) is 27.0.